The standard InChI is InChI=1S/C21H18N4OS/c1-3-7-15(8-4-1)19-17(13-25(24-19)18-9-5-2-6-10-18)14-27-21-23-22-20(26-21)16-11-12-16/h1-10,13,16H,11-12,14H2. The Hall–Kier alpha value is -2.86. The van der Waals surface area contributed by atoms with Crippen LogP contribution in [-0.2, 0) is 5.75 Å². The molecule has 134 valence electrons. The van der Waals surface area contributed by atoms with Crippen LogP contribution in [0.4, 0.5) is 0 Å². The first-order valence-corrected chi connectivity index (χ1v) is 10.0. The minimum Gasteiger partial charge on any atom is -0.416 e. The number of hydrogen-bond acceptors (Lipinski definition) is 5. The van der Waals surface area contributed by atoms with Crippen LogP contribution in [-0.4, -0.2) is 20.0 Å². The summed E-state index contributed by atoms with van der Waals surface area (Å²) in [6.45, 7) is 0. The molecule has 2 heterocycles. The molecule has 4 aromatic rings. The highest BCUT2D eigenvalue weighted by atomic mass is 32.2. The number of aromatic nitrogens is 4. The molecule has 0 amide bonds. The van der Waals surface area contributed by atoms with E-state index in [1.54, 1.807) is 11.8 Å². The van der Waals surface area contributed by atoms with Gasteiger partial charge in [0.15, 0.2) is 0 Å². The highest BCUT2D eigenvalue weighted by molar-refractivity contribution is 7.98. The predicted octanol–water partition coefficient (Wildman–Crippen LogP) is 5.09. The topological polar surface area (TPSA) is 56.7 Å². The Morgan fingerprint density at radius 1 is 0.963 bits per heavy atom. The van der Waals surface area contributed by atoms with Crippen LogP contribution in [0.2, 0.25) is 0 Å². The Labute approximate surface area is 161 Å². The van der Waals surface area contributed by atoms with Crippen LogP contribution < -0.4 is 0 Å². The van der Waals surface area contributed by atoms with Crippen molar-refractivity contribution < 1.29 is 4.42 Å². The zero-order chi connectivity index (χ0) is 18.1. The normalized spacial score (nSPS) is 13.8. The zero-order valence-electron chi connectivity index (χ0n) is 14.7. The third-order valence-electron chi connectivity index (χ3n) is 4.56. The number of para-hydroxylation sites is 1. The molecule has 0 atom stereocenters. The summed E-state index contributed by atoms with van der Waals surface area (Å²) < 4.78 is 7.71. The van der Waals surface area contributed by atoms with Crippen molar-refractivity contribution in [3.05, 3.63) is 78.3 Å². The maximum Gasteiger partial charge on any atom is 0.276 e. The van der Waals surface area contributed by atoms with E-state index in [4.69, 9.17) is 9.52 Å². The molecule has 0 aliphatic heterocycles. The monoisotopic (exact) mass is 374 g/mol. The fourth-order valence-corrected chi connectivity index (χ4v) is 3.71. The van der Waals surface area contributed by atoms with Gasteiger partial charge < -0.3 is 4.42 Å². The van der Waals surface area contributed by atoms with E-state index in [1.165, 1.54) is 0 Å². The summed E-state index contributed by atoms with van der Waals surface area (Å²) in [5.74, 6) is 1.98. The lowest BCUT2D eigenvalue weighted by Crippen LogP contribution is -1.93. The van der Waals surface area contributed by atoms with Gasteiger partial charge in [-0.25, -0.2) is 4.68 Å². The molecule has 2 aromatic carbocycles. The summed E-state index contributed by atoms with van der Waals surface area (Å²) in [5.41, 5.74) is 4.27. The summed E-state index contributed by atoms with van der Waals surface area (Å²) in [6.07, 6.45) is 4.41. The van der Waals surface area contributed by atoms with Gasteiger partial charge in [0.2, 0.25) is 5.89 Å². The lowest BCUT2D eigenvalue weighted by molar-refractivity contribution is 0.414. The van der Waals surface area contributed by atoms with Gasteiger partial charge in [-0.05, 0) is 25.0 Å². The van der Waals surface area contributed by atoms with E-state index in [0.29, 0.717) is 11.1 Å². The molecular formula is C21H18N4OS. The van der Waals surface area contributed by atoms with Crippen LogP contribution in [0, 0.1) is 0 Å². The van der Waals surface area contributed by atoms with Crippen molar-refractivity contribution >= 4 is 11.8 Å². The predicted molar refractivity (Wildman–Crippen MR) is 105 cm³/mol. The van der Waals surface area contributed by atoms with Gasteiger partial charge in [0.1, 0.15) is 0 Å². The van der Waals surface area contributed by atoms with Crippen LogP contribution in [0.3, 0.4) is 0 Å². The third kappa shape index (κ3) is 3.53. The van der Waals surface area contributed by atoms with Gasteiger partial charge in [-0.3, -0.25) is 0 Å². The lowest BCUT2D eigenvalue weighted by atomic mass is 10.1. The summed E-state index contributed by atoms with van der Waals surface area (Å²) in [4.78, 5) is 0. The molecule has 0 spiro atoms. The van der Waals surface area contributed by atoms with Crippen molar-refractivity contribution in [2.75, 3.05) is 0 Å². The van der Waals surface area contributed by atoms with Crippen molar-refractivity contribution in [1.29, 1.82) is 0 Å². The Bertz CT molecular complexity index is 1040. The molecule has 1 aliphatic rings. The first-order valence-electron chi connectivity index (χ1n) is 9.02. The SMILES string of the molecule is c1ccc(-c2nn(-c3ccccc3)cc2CSc2nnc(C3CC3)o2)cc1. The quantitative estimate of drug-likeness (QED) is 0.440. The molecule has 27 heavy (non-hydrogen) atoms. The maximum absolute atomic E-state index is 5.78. The number of hydrogen-bond donors (Lipinski definition) is 0. The molecule has 1 fully saturated rings. The first kappa shape index (κ1) is 16.3. The summed E-state index contributed by atoms with van der Waals surface area (Å²) >= 11 is 1.56. The molecular weight excluding hydrogens is 356 g/mol. The molecule has 5 nitrogen and oxygen atoms in total. The smallest absolute Gasteiger partial charge is 0.276 e. The molecule has 2 aromatic heterocycles. The van der Waals surface area contributed by atoms with E-state index >= 15 is 0 Å². The number of benzene rings is 2. The minimum absolute atomic E-state index is 0.479. The van der Waals surface area contributed by atoms with Crippen LogP contribution in [0.5, 0.6) is 0 Å². The second kappa shape index (κ2) is 7.04. The van der Waals surface area contributed by atoms with Crippen molar-refractivity contribution in [2.45, 2.75) is 29.7 Å². The van der Waals surface area contributed by atoms with Crippen LogP contribution in [0.1, 0.15) is 30.2 Å². The minimum atomic E-state index is 0.479. The van der Waals surface area contributed by atoms with Gasteiger partial charge in [-0.1, -0.05) is 60.3 Å². The van der Waals surface area contributed by atoms with Gasteiger partial charge in [0.25, 0.3) is 5.22 Å². The zero-order valence-corrected chi connectivity index (χ0v) is 15.5. The van der Waals surface area contributed by atoms with Gasteiger partial charge in [0, 0.05) is 29.0 Å². The van der Waals surface area contributed by atoms with Gasteiger partial charge in [0.05, 0.1) is 11.4 Å². The summed E-state index contributed by atoms with van der Waals surface area (Å²) in [5, 5.41) is 13.8. The Morgan fingerprint density at radius 3 is 2.44 bits per heavy atom. The molecule has 1 saturated carbocycles. The van der Waals surface area contributed by atoms with Crippen molar-refractivity contribution in [2.24, 2.45) is 0 Å². The molecule has 0 unspecified atom stereocenters. The molecule has 5 rings (SSSR count). The van der Waals surface area contributed by atoms with E-state index in [1.807, 2.05) is 41.1 Å². The summed E-state index contributed by atoms with van der Waals surface area (Å²) in [7, 11) is 0. The van der Waals surface area contributed by atoms with Crippen molar-refractivity contribution in [3.8, 4) is 16.9 Å². The van der Waals surface area contributed by atoms with Crippen molar-refractivity contribution in [3.63, 3.8) is 0 Å². The van der Waals surface area contributed by atoms with Gasteiger partial charge >= 0.3 is 0 Å². The molecule has 1 aliphatic carbocycles. The molecule has 0 radical (unpaired) electrons. The second-order valence-corrected chi connectivity index (χ2v) is 7.54. The highest BCUT2D eigenvalue weighted by Crippen LogP contribution is 2.40. The Kier molecular flexibility index (Phi) is 4.26. The Morgan fingerprint density at radius 2 is 1.70 bits per heavy atom. The van der Waals surface area contributed by atoms with E-state index in [0.717, 1.165) is 47.0 Å². The number of rotatable bonds is 6. The van der Waals surface area contributed by atoms with Crippen molar-refractivity contribution in [1.82, 2.24) is 20.0 Å². The van der Waals surface area contributed by atoms with E-state index in [-0.39, 0.29) is 0 Å². The van der Waals surface area contributed by atoms with E-state index < -0.39 is 0 Å². The molecule has 0 N–H and O–H groups in total. The lowest BCUT2D eigenvalue weighted by Gasteiger charge is -2.01. The average Bonchev–Trinajstić information content (AvgIpc) is 3.32. The third-order valence-corrected chi connectivity index (χ3v) is 5.43. The van der Waals surface area contributed by atoms with Gasteiger partial charge in [-0.15, -0.1) is 10.2 Å². The van der Waals surface area contributed by atoms with E-state index in [2.05, 4.69) is 40.7 Å². The fraction of sp³-hybridized carbons (Fsp3) is 0.190. The number of nitrogens with zero attached hydrogens (tertiary/aromatic N) is 4. The molecule has 0 bridgehead atoms. The highest BCUT2D eigenvalue weighted by Gasteiger charge is 2.29. The largest absolute Gasteiger partial charge is 0.416 e. The first-order chi connectivity index (χ1) is 13.4. The maximum atomic E-state index is 5.78. The Balaban J connectivity index is 1.44. The van der Waals surface area contributed by atoms with Gasteiger partial charge in [-0.2, -0.15) is 5.10 Å². The van der Waals surface area contributed by atoms with Crippen LogP contribution in [0.15, 0.2) is 76.5 Å². The molecule has 0 saturated heterocycles. The van der Waals surface area contributed by atoms with E-state index in [9.17, 15) is 0 Å². The van der Waals surface area contributed by atoms with Crippen LogP contribution in [0.25, 0.3) is 16.9 Å². The fourth-order valence-electron chi connectivity index (χ4n) is 2.98. The number of thioether (sulfide) groups is 1. The second-order valence-electron chi connectivity index (χ2n) is 6.62. The molecule has 6 heteroatoms. The average molecular weight is 374 g/mol. The summed E-state index contributed by atoms with van der Waals surface area (Å²) in [6, 6.07) is 20.4. The van der Waals surface area contributed by atoms with Crippen LogP contribution >= 0.6 is 11.8 Å².